The van der Waals surface area contributed by atoms with Crippen LogP contribution in [0.3, 0.4) is 0 Å². The Bertz CT molecular complexity index is 528. The molecule has 0 bridgehead atoms. The summed E-state index contributed by atoms with van der Waals surface area (Å²) < 4.78 is 4.90. The van der Waals surface area contributed by atoms with Crippen LogP contribution in [0, 0.1) is 0 Å². The van der Waals surface area contributed by atoms with Gasteiger partial charge in [0.1, 0.15) is 5.78 Å². The minimum Gasteiger partial charge on any atom is -0.382 e. The molecule has 4 nitrogen and oxygen atoms in total. The van der Waals surface area contributed by atoms with Crippen LogP contribution in [-0.2, 0) is 19.9 Å². The molecule has 0 aliphatic carbocycles. The van der Waals surface area contributed by atoms with Crippen LogP contribution >= 0.6 is 0 Å². The van der Waals surface area contributed by atoms with Gasteiger partial charge in [0.05, 0.1) is 11.6 Å². The van der Waals surface area contributed by atoms with Crippen molar-refractivity contribution in [3.63, 3.8) is 0 Å². The lowest BCUT2D eigenvalue weighted by Gasteiger charge is -2.25. The molecule has 0 spiro atoms. The van der Waals surface area contributed by atoms with Crippen LogP contribution < -0.4 is 5.32 Å². The molecule has 0 aliphatic rings. The van der Waals surface area contributed by atoms with E-state index in [0.717, 1.165) is 29.5 Å². The number of rotatable bonds is 6. The smallest absolute Gasteiger partial charge is 0.207 e. The Hall–Kier alpha value is -1.94. The first-order chi connectivity index (χ1) is 12.5. The maximum Gasteiger partial charge on any atom is 0.207 e. The molecule has 0 radical (unpaired) electrons. The summed E-state index contributed by atoms with van der Waals surface area (Å²) in [5.41, 5.74) is 2.87. The first-order valence-electron chi connectivity index (χ1n) is 9.49. The fourth-order valence-corrected chi connectivity index (χ4v) is 1.57. The Morgan fingerprint density at radius 2 is 1.74 bits per heavy atom. The molecule has 0 aliphatic heterocycles. The van der Waals surface area contributed by atoms with Gasteiger partial charge in [0.25, 0.3) is 0 Å². The lowest BCUT2D eigenvalue weighted by molar-refractivity contribution is -0.115. The molecule has 0 saturated carbocycles. The Kier molecular flexibility index (Phi) is 19.3. The zero-order chi connectivity index (χ0) is 22.0. The molecule has 156 valence electrons. The van der Waals surface area contributed by atoms with Gasteiger partial charge in [-0.15, -0.1) is 0 Å². The van der Waals surface area contributed by atoms with E-state index in [2.05, 4.69) is 31.8 Å². The molecule has 1 N–H and O–H groups in total. The van der Waals surface area contributed by atoms with E-state index in [9.17, 15) is 9.59 Å². The predicted molar refractivity (Wildman–Crippen MR) is 118 cm³/mol. The number of carbonyl (C=O) groups excluding carboxylic acids is 2. The number of amides is 1. The molecular formula is C23H41NO3. The van der Waals surface area contributed by atoms with E-state index in [1.165, 1.54) is 13.8 Å². The number of ether oxygens (including phenoxy) is 1. The highest BCUT2D eigenvalue weighted by molar-refractivity contribution is 5.72. The molecule has 27 heavy (non-hydrogen) atoms. The number of hydrogen-bond acceptors (Lipinski definition) is 3. The number of hydrogen-bond donors (Lipinski definition) is 1. The van der Waals surface area contributed by atoms with Gasteiger partial charge >= 0.3 is 0 Å². The van der Waals surface area contributed by atoms with E-state index in [4.69, 9.17) is 4.74 Å². The van der Waals surface area contributed by atoms with Crippen molar-refractivity contribution in [2.45, 2.75) is 80.4 Å². The second-order valence-corrected chi connectivity index (χ2v) is 6.61. The van der Waals surface area contributed by atoms with E-state index in [1.54, 1.807) is 7.11 Å². The van der Waals surface area contributed by atoms with Gasteiger partial charge in [-0.05, 0) is 65.2 Å². The average molecular weight is 380 g/mol. The quantitative estimate of drug-likeness (QED) is 0.640. The standard InChI is InChI=1S/C13H17NO.C5H12O.C3H6O.C2H6/c1-10(2)11-6-5-7-12(8-11)13(3,4)14-9-15;1-4-5(2)6-3;1-3(2)4;1-2/h5-9H,1H2,2-4H3,(H,14,15);5H,4H2,1-3H3;1-2H3;1-2H3. The largest absolute Gasteiger partial charge is 0.382 e. The molecular weight excluding hydrogens is 338 g/mol. The Labute approximate surface area is 167 Å². The molecule has 0 aromatic heterocycles. The molecule has 1 aromatic carbocycles. The Morgan fingerprint density at radius 1 is 1.26 bits per heavy atom. The lowest BCUT2D eigenvalue weighted by Crippen LogP contribution is -2.35. The topological polar surface area (TPSA) is 55.4 Å². The summed E-state index contributed by atoms with van der Waals surface area (Å²) in [6.45, 7) is 21.0. The second kappa shape index (κ2) is 17.5. The first kappa shape index (κ1) is 29.8. The summed E-state index contributed by atoms with van der Waals surface area (Å²) in [6, 6.07) is 8.05. The molecule has 0 heterocycles. The highest BCUT2D eigenvalue weighted by Crippen LogP contribution is 2.22. The van der Waals surface area contributed by atoms with Gasteiger partial charge in [0.15, 0.2) is 0 Å². The van der Waals surface area contributed by atoms with Crippen molar-refractivity contribution >= 4 is 17.8 Å². The van der Waals surface area contributed by atoms with E-state index in [1.807, 2.05) is 52.8 Å². The number of carbonyl (C=O) groups is 2. The number of benzene rings is 1. The summed E-state index contributed by atoms with van der Waals surface area (Å²) >= 11 is 0. The maximum absolute atomic E-state index is 10.5. The van der Waals surface area contributed by atoms with Gasteiger partial charge in [0, 0.05) is 7.11 Å². The van der Waals surface area contributed by atoms with Gasteiger partial charge in [-0.2, -0.15) is 0 Å². The molecule has 1 atom stereocenters. The fourth-order valence-electron chi connectivity index (χ4n) is 1.57. The van der Waals surface area contributed by atoms with Gasteiger partial charge in [0.2, 0.25) is 6.41 Å². The van der Waals surface area contributed by atoms with Crippen LogP contribution in [0.5, 0.6) is 0 Å². The fraction of sp³-hybridized carbons (Fsp3) is 0.565. The van der Waals surface area contributed by atoms with Crippen molar-refractivity contribution in [3.8, 4) is 0 Å². The summed E-state index contributed by atoms with van der Waals surface area (Å²) in [6.07, 6.45) is 2.27. The zero-order valence-electron chi connectivity index (χ0n) is 19.1. The van der Waals surface area contributed by atoms with Crippen LogP contribution in [0.1, 0.15) is 79.9 Å². The summed E-state index contributed by atoms with van der Waals surface area (Å²) in [5.74, 6) is 0.167. The number of allylic oxidation sites excluding steroid dienone is 1. The van der Waals surface area contributed by atoms with E-state index in [-0.39, 0.29) is 11.3 Å². The van der Waals surface area contributed by atoms with Gasteiger partial charge < -0.3 is 14.8 Å². The summed E-state index contributed by atoms with van der Waals surface area (Å²) in [4.78, 5) is 19.9. The van der Waals surface area contributed by atoms with Crippen LogP contribution in [0.4, 0.5) is 0 Å². The van der Waals surface area contributed by atoms with Crippen LogP contribution in [0.15, 0.2) is 30.8 Å². The van der Waals surface area contributed by atoms with Crippen LogP contribution in [0.25, 0.3) is 5.57 Å². The highest BCUT2D eigenvalue weighted by atomic mass is 16.5. The van der Waals surface area contributed by atoms with Crippen LogP contribution in [-0.4, -0.2) is 25.4 Å². The molecule has 1 amide bonds. The van der Waals surface area contributed by atoms with Crippen molar-refractivity contribution in [1.29, 1.82) is 0 Å². The Morgan fingerprint density at radius 3 is 2.04 bits per heavy atom. The number of nitrogens with one attached hydrogen (secondary N) is 1. The Balaban J connectivity index is -0.000000398. The monoisotopic (exact) mass is 379 g/mol. The van der Waals surface area contributed by atoms with Crippen LogP contribution in [0.2, 0.25) is 0 Å². The van der Waals surface area contributed by atoms with E-state index < -0.39 is 0 Å². The van der Waals surface area contributed by atoms with Crippen molar-refractivity contribution in [2.75, 3.05) is 7.11 Å². The van der Waals surface area contributed by atoms with Crippen molar-refractivity contribution in [3.05, 3.63) is 42.0 Å². The third kappa shape index (κ3) is 17.2. The highest BCUT2D eigenvalue weighted by Gasteiger charge is 2.19. The minimum atomic E-state index is -0.340. The first-order valence-corrected chi connectivity index (χ1v) is 9.49. The number of ketones is 1. The minimum absolute atomic E-state index is 0.167. The normalized spacial score (nSPS) is 10.4. The molecule has 1 unspecified atom stereocenters. The molecule has 1 aromatic rings. The van der Waals surface area contributed by atoms with Crippen molar-refractivity contribution < 1.29 is 14.3 Å². The third-order valence-corrected chi connectivity index (χ3v) is 3.47. The van der Waals surface area contributed by atoms with Gasteiger partial charge in [-0.25, -0.2) is 0 Å². The average Bonchev–Trinajstić information content (AvgIpc) is 2.62. The van der Waals surface area contributed by atoms with E-state index >= 15 is 0 Å². The number of methoxy groups -OCH3 is 1. The predicted octanol–water partition coefficient (Wildman–Crippen LogP) is 5.75. The SMILES string of the molecule is C=C(C)c1cccc(C(C)(C)NC=O)c1.CC.CC(C)=O.CCC(C)OC. The second-order valence-electron chi connectivity index (χ2n) is 6.61. The van der Waals surface area contributed by atoms with Crippen molar-refractivity contribution in [2.24, 2.45) is 0 Å². The maximum atomic E-state index is 10.5. The van der Waals surface area contributed by atoms with Gasteiger partial charge in [-0.1, -0.05) is 51.1 Å². The zero-order valence-corrected chi connectivity index (χ0v) is 19.1. The summed E-state index contributed by atoms with van der Waals surface area (Å²) in [5, 5.41) is 2.79. The summed E-state index contributed by atoms with van der Waals surface area (Å²) in [7, 11) is 1.73. The molecule has 1 rings (SSSR count). The molecule has 4 heteroatoms. The molecule has 0 fully saturated rings. The van der Waals surface area contributed by atoms with E-state index in [0.29, 0.717) is 6.10 Å². The van der Waals surface area contributed by atoms with Gasteiger partial charge in [-0.3, -0.25) is 4.79 Å². The van der Waals surface area contributed by atoms with Crippen molar-refractivity contribution in [1.82, 2.24) is 5.32 Å². The lowest BCUT2D eigenvalue weighted by atomic mass is 9.92. The molecule has 0 saturated heterocycles. The third-order valence-electron chi connectivity index (χ3n) is 3.47. The number of Topliss-reactive ketones (excluding diaryl/α,β-unsaturated/α-hetero) is 1.